The molecular weight excluding hydrogens is 410 g/mol. The maximum absolute atomic E-state index is 13.8. The van der Waals surface area contributed by atoms with Crippen LogP contribution in [-0.4, -0.2) is 27.0 Å². The Hall–Kier alpha value is -1.14. The largest absolute Gasteiger partial charge is 0.329 e. The van der Waals surface area contributed by atoms with E-state index in [9.17, 15) is 4.79 Å². The van der Waals surface area contributed by atoms with Gasteiger partial charge >= 0.3 is 0 Å². The SMILES string of the molecule is CC(C)[C@H]1CS[C@@]23O[C@H](c4ccc(Cl)cc4)[C@H](C(=O)N12)[C@H](c1ccccc1)S3. The van der Waals surface area contributed by atoms with E-state index in [-0.39, 0.29) is 29.2 Å². The van der Waals surface area contributed by atoms with Crippen LogP contribution in [0.2, 0.25) is 5.02 Å². The van der Waals surface area contributed by atoms with E-state index in [4.69, 9.17) is 16.3 Å². The number of carbonyl (C=O) groups excluding carboxylic acids is 1. The van der Waals surface area contributed by atoms with Gasteiger partial charge in [0.15, 0.2) is 0 Å². The van der Waals surface area contributed by atoms with Crippen molar-refractivity contribution in [2.24, 2.45) is 11.8 Å². The summed E-state index contributed by atoms with van der Waals surface area (Å²) in [5, 5.41) is 0.776. The van der Waals surface area contributed by atoms with Crippen molar-refractivity contribution in [1.29, 1.82) is 0 Å². The average molecular weight is 432 g/mol. The molecule has 2 aromatic rings. The van der Waals surface area contributed by atoms with E-state index in [0.29, 0.717) is 10.9 Å². The first kappa shape index (κ1) is 18.9. The molecule has 3 nitrogen and oxygen atoms in total. The lowest BCUT2D eigenvalue weighted by Gasteiger charge is -2.56. The summed E-state index contributed by atoms with van der Waals surface area (Å²) in [6.45, 7) is 4.38. The minimum absolute atomic E-state index is 0.0813. The van der Waals surface area contributed by atoms with E-state index in [1.165, 1.54) is 5.56 Å². The van der Waals surface area contributed by atoms with Gasteiger partial charge in [0.25, 0.3) is 0 Å². The lowest BCUT2D eigenvalue weighted by molar-refractivity contribution is -0.189. The molecule has 1 amide bonds. The second kappa shape index (κ2) is 6.98. The van der Waals surface area contributed by atoms with Crippen LogP contribution in [0.5, 0.6) is 0 Å². The molecule has 2 bridgehead atoms. The first-order valence-electron chi connectivity index (χ1n) is 9.63. The summed E-state index contributed by atoms with van der Waals surface area (Å²) in [5.41, 5.74) is 2.22. The van der Waals surface area contributed by atoms with Gasteiger partial charge in [0.1, 0.15) is 6.10 Å². The number of benzene rings is 2. The molecule has 146 valence electrons. The van der Waals surface area contributed by atoms with Crippen molar-refractivity contribution >= 4 is 41.0 Å². The van der Waals surface area contributed by atoms with E-state index in [0.717, 1.165) is 11.3 Å². The molecule has 0 unspecified atom stereocenters. The van der Waals surface area contributed by atoms with Gasteiger partial charge in [-0.2, -0.15) is 0 Å². The Labute approximate surface area is 179 Å². The highest BCUT2D eigenvalue weighted by atomic mass is 35.5. The fourth-order valence-electron chi connectivity index (χ4n) is 4.43. The molecule has 6 rings (SSSR count). The molecular formula is C22H22ClNO2S2. The van der Waals surface area contributed by atoms with Crippen molar-refractivity contribution in [1.82, 2.24) is 4.90 Å². The molecule has 0 saturated carbocycles. The Kier molecular flexibility index (Phi) is 4.70. The van der Waals surface area contributed by atoms with Gasteiger partial charge in [0, 0.05) is 22.1 Å². The normalized spacial score (nSPS) is 34.1. The van der Waals surface area contributed by atoms with Gasteiger partial charge in [0.05, 0.1) is 5.92 Å². The third kappa shape index (κ3) is 2.82. The first-order valence-corrected chi connectivity index (χ1v) is 11.9. The van der Waals surface area contributed by atoms with Crippen molar-refractivity contribution in [2.45, 2.75) is 35.6 Å². The molecule has 5 atom stereocenters. The number of halogens is 1. The fraction of sp³-hybridized carbons (Fsp3) is 0.409. The van der Waals surface area contributed by atoms with Crippen molar-refractivity contribution in [2.75, 3.05) is 5.75 Å². The minimum Gasteiger partial charge on any atom is -0.329 e. The van der Waals surface area contributed by atoms with Gasteiger partial charge in [-0.25, -0.2) is 0 Å². The molecule has 0 aliphatic carbocycles. The molecule has 28 heavy (non-hydrogen) atoms. The zero-order chi connectivity index (χ0) is 19.5. The summed E-state index contributed by atoms with van der Waals surface area (Å²) in [5.74, 6) is 1.30. The zero-order valence-electron chi connectivity index (χ0n) is 15.7. The highest BCUT2D eigenvalue weighted by molar-refractivity contribution is 8.18. The maximum atomic E-state index is 13.8. The van der Waals surface area contributed by atoms with Gasteiger partial charge in [-0.05, 0) is 29.2 Å². The fourth-order valence-corrected chi connectivity index (χ4v) is 8.31. The van der Waals surface area contributed by atoms with Crippen LogP contribution >= 0.6 is 35.1 Å². The lowest BCUT2D eigenvalue weighted by Crippen LogP contribution is -2.63. The number of nitrogens with zero attached hydrogens (tertiary/aromatic N) is 1. The van der Waals surface area contributed by atoms with Crippen LogP contribution in [0, 0.1) is 11.8 Å². The van der Waals surface area contributed by atoms with Crippen LogP contribution in [-0.2, 0) is 9.53 Å². The van der Waals surface area contributed by atoms with Crippen LogP contribution < -0.4 is 0 Å². The standard InChI is InChI=1S/C22H22ClNO2S2/c1-13(2)17-12-27-22-24(17)21(25)18(20(28-22)15-6-4-3-5-7-15)19(26-22)14-8-10-16(23)11-9-14/h3-11,13,17-20H,12H2,1-2H3/t17-,18+,19-,20+,22+/m1/s1. The molecule has 0 aromatic heterocycles. The van der Waals surface area contributed by atoms with E-state index in [2.05, 4.69) is 38.1 Å². The van der Waals surface area contributed by atoms with Gasteiger partial charge in [-0.15, -0.1) is 0 Å². The van der Waals surface area contributed by atoms with E-state index in [1.807, 2.05) is 35.2 Å². The number of ether oxygens (including phenoxy) is 1. The quantitative estimate of drug-likeness (QED) is 0.620. The third-order valence-electron chi connectivity index (χ3n) is 5.89. The number of thioether (sulfide) groups is 2. The molecule has 4 aliphatic rings. The number of carbonyl (C=O) groups is 1. The Morgan fingerprint density at radius 3 is 2.50 bits per heavy atom. The van der Waals surface area contributed by atoms with Crippen molar-refractivity contribution in [3.05, 3.63) is 70.7 Å². The van der Waals surface area contributed by atoms with E-state index < -0.39 is 4.39 Å². The van der Waals surface area contributed by atoms with Crippen LogP contribution in [0.25, 0.3) is 0 Å². The number of rotatable bonds is 3. The van der Waals surface area contributed by atoms with Gasteiger partial charge in [-0.3, -0.25) is 9.69 Å². The van der Waals surface area contributed by atoms with Crippen molar-refractivity contribution in [3.8, 4) is 0 Å². The van der Waals surface area contributed by atoms with Gasteiger partial charge in [0.2, 0.25) is 10.3 Å². The molecule has 4 heterocycles. The predicted octanol–water partition coefficient (Wildman–Crippen LogP) is 5.73. The molecule has 4 saturated heterocycles. The third-order valence-corrected chi connectivity index (χ3v) is 9.36. The van der Waals surface area contributed by atoms with Crippen molar-refractivity contribution < 1.29 is 9.53 Å². The van der Waals surface area contributed by atoms with E-state index in [1.54, 1.807) is 23.5 Å². The predicted molar refractivity (Wildman–Crippen MR) is 116 cm³/mol. The zero-order valence-corrected chi connectivity index (χ0v) is 18.1. The van der Waals surface area contributed by atoms with E-state index >= 15 is 0 Å². The van der Waals surface area contributed by atoms with Crippen LogP contribution in [0.15, 0.2) is 54.6 Å². The first-order chi connectivity index (χ1) is 13.5. The smallest absolute Gasteiger partial charge is 0.243 e. The Morgan fingerprint density at radius 1 is 1.11 bits per heavy atom. The van der Waals surface area contributed by atoms with Crippen molar-refractivity contribution in [3.63, 3.8) is 0 Å². The average Bonchev–Trinajstić information content (AvgIpc) is 3.09. The summed E-state index contributed by atoms with van der Waals surface area (Å²) in [4.78, 5) is 15.9. The van der Waals surface area contributed by atoms with Crippen LogP contribution in [0.1, 0.15) is 36.3 Å². The monoisotopic (exact) mass is 431 g/mol. The second-order valence-corrected chi connectivity index (χ2v) is 11.1. The maximum Gasteiger partial charge on any atom is 0.243 e. The number of hydrogen-bond acceptors (Lipinski definition) is 4. The lowest BCUT2D eigenvalue weighted by atomic mass is 9.85. The number of amides is 1. The molecule has 6 heteroatoms. The van der Waals surface area contributed by atoms with Crippen LogP contribution in [0.3, 0.4) is 0 Å². The summed E-state index contributed by atoms with van der Waals surface area (Å²) in [6, 6.07) is 18.4. The molecule has 0 N–H and O–H groups in total. The van der Waals surface area contributed by atoms with Gasteiger partial charge < -0.3 is 4.74 Å². The molecule has 4 fully saturated rings. The molecule has 4 aliphatic heterocycles. The Morgan fingerprint density at radius 2 is 1.82 bits per heavy atom. The molecule has 1 spiro atoms. The summed E-state index contributed by atoms with van der Waals surface area (Å²) in [7, 11) is 0. The summed E-state index contributed by atoms with van der Waals surface area (Å²) in [6.07, 6.45) is -0.258. The molecule has 0 radical (unpaired) electrons. The topological polar surface area (TPSA) is 29.5 Å². The minimum atomic E-state index is -0.647. The Balaban J connectivity index is 1.61. The summed E-state index contributed by atoms with van der Waals surface area (Å²) >= 11 is 9.67. The Bertz CT molecular complexity index is 891. The molecule has 2 aromatic carbocycles. The second-order valence-electron chi connectivity index (χ2n) is 7.92. The summed E-state index contributed by atoms with van der Waals surface area (Å²) < 4.78 is 6.07. The number of hydrogen-bond donors (Lipinski definition) is 0. The van der Waals surface area contributed by atoms with Crippen LogP contribution in [0.4, 0.5) is 0 Å². The highest BCUT2D eigenvalue weighted by Crippen LogP contribution is 2.68. The van der Waals surface area contributed by atoms with Gasteiger partial charge in [-0.1, -0.05) is 91.4 Å². The number of fused-ring (bicyclic) bond motifs is 2. The highest BCUT2D eigenvalue weighted by Gasteiger charge is 2.66.